The Morgan fingerprint density at radius 2 is 2.15 bits per heavy atom. The number of ether oxygens (including phenoxy) is 1. The summed E-state index contributed by atoms with van der Waals surface area (Å²) in [5.41, 5.74) is 0. The molecule has 2 saturated heterocycles. The van der Waals surface area contributed by atoms with E-state index in [1.54, 1.807) is 0 Å². The van der Waals surface area contributed by atoms with Gasteiger partial charge in [0.05, 0.1) is 7.11 Å². The molecule has 1 unspecified atom stereocenters. The van der Waals surface area contributed by atoms with E-state index in [-0.39, 0.29) is 17.7 Å². The number of amides is 1. The highest BCUT2D eigenvalue weighted by atomic mass is 16.5. The molecular formula is C8H9NO4. The molecule has 2 atom stereocenters. The monoisotopic (exact) mass is 183 g/mol. The number of ketones is 1. The van der Waals surface area contributed by atoms with Crippen molar-refractivity contribution >= 4 is 17.7 Å². The van der Waals surface area contributed by atoms with Gasteiger partial charge in [-0.1, -0.05) is 0 Å². The van der Waals surface area contributed by atoms with Gasteiger partial charge in [-0.3, -0.25) is 9.59 Å². The molecule has 0 N–H and O–H groups in total. The first-order valence-electron chi connectivity index (χ1n) is 4.07. The first-order chi connectivity index (χ1) is 6.15. The van der Waals surface area contributed by atoms with E-state index in [1.807, 2.05) is 0 Å². The summed E-state index contributed by atoms with van der Waals surface area (Å²) in [6.45, 7) is 0. The third-order valence-electron chi connectivity index (χ3n) is 2.54. The van der Waals surface area contributed by atoms with Crippen LogP contribution in [0.1, 0.15) is 12.8 Å². The molecule has 0 aliphatic carbocycles. The van der Waals surface area contributed by atoms with Crippen molar-refractivity contribution in [2.75, 3.05) is 7.11 Å². The fourth-order valence-electron chi connectivity index (χ4n) is 1.88. The van der Waals surface area contributed by atoms with E-state index in [1.165, 1.54) is 12.0 Å². The van der Waals surface area contributed by atoms with Crippen molar-refractivity contribution in [3.63, 3.8) is 0 Å². The zero-order valence-corrected chi connectivity index (χ0v) is 7.15. The second-order valence-corrected chi connectivity index (χ2v) is 3.26. The van der Waals surface area contributed by atoms with Crippen molar-refractivity contribution in [1.82, 2.24) is 4.90 Å². The average Bonchev–Trinajstić information content (AvgIpc) is 2.36. The number of rotatable bonds is 1. The number of carbonyl (C=O) groups is 3. The van der Waals surface area contributed by atoms with Crippen LogP contribution in [0.15, 0.2) is 0 Å². The van der Waals surface area contributed by atoms with Crippen LogP contribution in [0.2, 0.25) is 0 Å². The lowest BCUT2D eigenvalue weighted by Crippen LogP contribution is -2.55. The first-order valence-corrected chi connectivity index (χ1v) is 4.07. The predicted molar refractivity (Wildman–Crippen MR) is 40.7 cm³/mol. The van der Waals surface area contributed by atoms with Crippen LogP contribution >= 0.6 is 0 Å². The first kappa shape index (κ1) is 8.22. The van der Waals surface area contributed by atoms with Crippen LogP contribution in [0.4, 0.5) is 0 Å². The summed E-state index contributed by atoms with van der Waals surface area (Å²) >= 11 is 0. The lowest BCUT2D eigenvalue weighted by molar-refractivity contribution is -0.160. The molecule has 0 aromatic carbocycles. The van der Waals surface area contributed by atoms with Crippen molar-refractivity contribution in [1.29, 1.82) is 0 Å². The van der Waals surface area contributed by atoms with Crippen LogP contribution in [0.3, 0.4) is 0 Å². The number of β-lactam (4-membered cyclic amide) rings is 1. The summed E-state index contributed by atoms with van der Waals surface area (Å²) in [5.74, 6) is -0.963. The molecule has 0 spiro atoms. The van der Waals surface area contributed by atoms with Gasteiger partial charge in [-0.2, -0.15) is 0 Å². The Balaban J connectivity index is 2.21. The summed E-state index contributed by atoms with van der Waals surface area (Å²) in [7, 11) is 1.22. The summed E-state index contributed by atoms with van der Waals surface area (Å²) < 4.78 is 4.45. The zero-order chi connectivity index (χ0) is 9.59. The second kappa shape index (κ2) is 2.55. The molecule has 5 nitrogen and oxygen atoms in total. The molecule has 2 heterocycles. The van der Waals surface area contributed by atoms with Gasteiger partial charge in [0.1, 0.15) is 0 Å². The lowest BCUT2D eigenvalue weighted by Gasteiger charge is -2.36. The number of hydrogen-bond donors (Lipinski definition) is 0. The Labute approximate surface area is 74.6 Å². The summed E-state index contributed by atoms with van der Waals surface area (Å²) in [6, 6.07) is -1.01. The molecule has 0 radical (unpaired) electrons. The maximum absolute atomic E-state index is 11.3. The van der Waals surface area contributed by atoms with Gasteiger partial charge in [0.2, 0.25) is 5.91 Å². The highest BCUT2D eigenvalue weighted by Crippen LogP contribution is 2.33. The highest BCUT2D eigenvalue weighted by Gasteiger charge is 2.53. The molecule has 70 valence electrons. The molecule has 2 aliphatic rings. The van der Waals surface area contributed by atoms with E-state index in [4.69, 9.17) is 0 Å². The molecule has 0 bridgehead atoms. The minimum Gasteiger partial charge on any atom is -0.467 e. The summed E-state index contributed by atoms with van der Waals surface area (Å²) in [5, 5.41) is 0. The number of fused-ring (bicyclic) bond motifs is 1. The molecule has 2 aliphatic heterocycles. The maximum atomic E-state index is 11.3. The Hall–Kier alpha value is -1.39. The smallest absolute Gasteiger partial charge is 0.336 e. The molecular weight excluding hydrogens is 174 g/mol. The van der Waals surface area contributed by atoms with Crippen LogP contribution < -0.4 is 0 Å². The van der Waals surface area contributed by atoms with E-state index < -0.39 is 12.0 Å². The molecule has 0 saturated carbocycles. The molecule has 0 aromatic heterocycles. The van der Waals surface area contributed by atoms with Gasteiger partial charge in [0.15, 0.2) is 11.8 Å². The molecule has 5 heteroatoms. The SMILES string of the molecule is COC(=O)C1C(=O)C[C@@H]2CC(=O)N12. The van der Waals surface area contributed by atoms with E-state index in [2.05, 4.69) is 4.74 Å². The van der Waals surface area contributed by atoms with Gasteiger partial charge in [-0.15, -0.1) is 0 Å². The van der Waals surface area contributed by atoms with Crippen LogP contribution in [-0.2, 0) is 19.1 Å². The molecule has 13 heavy (non-hydrogen) atoms. The third kappa shape index (κ3) is 0.961. The van der Waals surface area contributed by atoms with Gasteiger partial charge < -0.3 is 9.64 Å². The predicted octanol–water partition coefficient (Wildman–Crippen LogP) is -0.898. The standard InChI is InChI=1S/C8H9NO4/c1-13-8(12)7-5(10)2-4-3-6(11)9(4)7/h4,7H,2-3H2,1H3/t4-,7?/m1/s1. The van der Waals surface area contributed by atoms with Crippen LogP contribution in [0.25, 0.3) is 0 Å². The molecule has 1 amide bonds. The molecule has 2 fully saturated rings. The van der Waals surface area contributed by atoms with Crippen molar-refractivity contribution in [3.8, 4) is 0 Å². The highest BCUT2D eigenvalue weighted by molar-refractivity contribution is 6.10. The Morgan fingerprint density at radius 1 is 1.46 bits per heavy atom. The minimum absolute atomic E-state index is 0.0518. The largest absolute Gasteiger partial charge is 0.467 e. The molecule has 2 rings (SSSR count). The summed E-state index contributed by atoms with van der Waals surface area (Å²) in [6.07, 6.45) is 0.685. The van der Waals surface area contributed by atoms with Crippen LogP contribution in [-0.4, -0.2) is 41.8 Å². The van der Waals surface area contributed by atoms with Crippen molar-refractivity contribution < 1.29 is 19.1 Å². The van der Waals surface area contributed by atoms with Crippen LogP contribution in [0, 0.1) is 0 Å². The van der Waals surface area contributed by atoms with E-state index in [9.17, 15) is 14.4 Å². The number of hydrogen-bond acceptors (Lipinski definition) is 4. The van der Waals surface area contributed by atoms with E-state index in [0.717, 1.165) is 0 Å². The Bertz CT molecular complexity index is 291. The van der Waals surface area contributed by atoms with Crippen LogP contribution in [0.5, 0.6) is 0 Å². The van der Waals surface area contributed by atoms with Gasteiger partial charge in [0.25, 0.3) is 0 Å². The lowest BCUT2D eigenvalue weighted by atomic mass is 10.0. The van der Waals surface area contributed by atoms with Crippen molar-refractivity contribution in [3.05, 3.63) is 0 Å². The Kier molecular flexibility index (Phi) is 1.61. The van der Waals surface area contributed by atoms with Crippen molar-refractivity contribution in [2.45, 2.75) is 24.9 Å². The number of nitrogens with zero attached hydrogens (tertiary/aromatic N) is 1. The van der Waals surface area contributed by atoms with Gasteiger partial charge in [-0.05, 0) is 0 Å². The maximum Gasteiger partial charge on any atom is 0.336 e. The number of Topliss-reactive ketones (excluding diaryl/α,β-unsaturated/α-hetero) is 1. The fraction of sp³-hybridized carbons (Fsp3) is 0.625. The zero-order valence-electron chi connectivity index (χ0n) is 7.15. The van der Waals surface area contributed by atoms with Crippen molar-refractivity contribution in [2.24, 2.45) is 0 Å². The normalized spacial score (nSPS) is 31.3. The quantitative estimate of drug-likeness (QED) is 0.300. The van der Waals surface area contributed by atoms with Gasteiger partial charge >= 0.3 is 5.97 Å². The number of esters is 1. The number of methoxy groups -OCH3 is 1. The van der Waals surface area contributed by atoms with E-state index >= 15 is 0 Å². The second-order valence-electron chi connectivity index (χ2n) is 3.26. The fourth-order valence-corrected chi connectivity index (χ4v) is 1.88. The third-order valence-corrected chi connectivity index (χ3v) is 2.54. The minimum atomic E-state index is -0.962. The molecule has 0 aromatic rings. The topological polar surface area (TPSA) is 63.7 Å². The summed E-state index contributed by atoms with van der Waals surface area (Å²) in [4.78, 5) is 34.8. The number of carbonyl (C=O) groups excluding carboxylic acids is 3. The van der Waals surface area contributed by atoms with E-state index in [0.29, 0.717) is 12.8 Å². The Morgan fingerprint density at radius 3 is 2.69 bits per heavy atom. The average molecular weight is 183 g/mol. The van der Waals surface area contributed by atoms with Gasteiger partial charge in [-0.25, -0.2) is 4.79 Å². The van der Waals surface area contributed by atoms with Gasteiger partial charge in [0, 0.05) is 18.9 Å².